The smallest absolute Gasteiger partial charge is 0.0637 e. The fraction of sp³-hybridized carbons (Fsp3) is 1.00. The van der Waals surface area contributed by atoms with E-state index in [0.717, 1.165) is 11.7 Å². The van der Waals surface area contributed by atoms with Gasteiger partial charge in [-0.05, 0) is 46.3 Å². The second-order valence-electron chi connectivity index (χ2n) is 5.90. The number of ether oxygens (including phenoxy) is 1. The minimum absolute atomic E-state index is 0.0179. The maximum Gasteiger partial charge on any atom is 0.0637 e. The van der Waals surface area contributed by atoms with Gasteiger partial charge in [0, 0.05) is 24.4 Å². The van der Waals surface area contributed by atoms with E-state index in [1.165, 1.54) is 25.7 Å². The second kappa shape index (κ2) is 7.01. The van der Waals surface area contributed by atoms with Crippen molar-refractivity contribution in [3.63, 3.8) is 0 Å². The first-order valence-electron chi connectivity index (χ1n) is 6.82. The van der Waals surface area contributed by atoms with Crippen molar-refractivity contribution >= 4 is 11.8 Å². The van der Waals surface area contributed by atoms with Crippen LogP contribution in [0.2, 0.25) is 0 Å². The van der Waals surface area contributed by atoms with Gasteiger partial charge in [0.1, 0.15) is 0 Å². The average Bonchev–Trinajstić information content (AvgIpc) is 2.29. The molecule has 1 aliphatic rings. The molecule has 0 aliphatic heterocycles. The van der Waals surface area contributed by atoms with Crippen LogP contribution in [0.15, 0.2) is 0 Å². The van der Waals surface area contributed by atoms with E-state index in [-0.39, 0.29) is 5.60 Å². The highest BCUT2D eigenvalue weighted by atomic mass is 32.2. The second-order valence-corrected chi connectivity index (χ2v) is 6.98. The fourth-order valence-electron chi connectivity index (χ4n) is 2.81. The minimum atomic E-state index is -0.0179. The van der Waals surface area contributed by atoms with Gasteiger partial charge in [0.15, 0.2) is 0 Å². The Morgan fingerprint density at radius 3 is 2.59 bits per heavy atom. The molecule has 1 saturated carbocycles. The number of hydrogen-bond acceptors (Lipinski definition) is 3. The van der Waals surface area contributed by atoms with E-state index in [9.17, 15) is 0 Å². The summed E-state index contributed by atoms with van der Waals surface area (Å²) in [5.74, 6) is 0. The largest absolute Gasteiger partial charge is 0.379 e. The molecule has 0 aromatic rings. The highest BCUT2D eigenvalue weighted by molar-refractivity contribution is 7.99. The first-order chi connectivity index (χ1) is 7.98. The lowest BCUT2D eigenvalue weighted by Crippen LogP contribution is -2.47. The molecule has 1 aliphatic carbocycles. The van der Waals surface area contributed by atoms with Gasteiger partial charge >= 0.3 is 0 Å². The Labute approximate surface area is 111 Å². The van der Waals surface area contributed by atoms with Crippen LogP contribution in [0.4, 0.5) is 0 Å². The minimum Gasteiger partial charge on any atom is -0.379 e. The monoisotopic (exact) mass is 259 g/mol. The molecule has 1 fully saturated rings. The molecule has 0 bridgehead atoms. The van der Waals surface area contributed by atoms with Crippen LogP contribution in [-0.2, 0) is 4.74 Å². The van der Waals surface area contributed by atoms with Gasteiger partial charge < -0.3 is 10.1 Å². The maximum atomic E-state index is 5.51. The van der Waals surface area contributed by atoms with E-state index in [0.29, 0.717) is 12.1 Å². The topological polar surface area (TPSA) is 21.3 Å². The summed E-state index contributed by atoms with van der Waals surface area (Å²) in [5.41, 5.74) is -0.0179. The van der Waals surface area contributed by atoms with Gasteiger partial charge in [0.05, 0.1) is 5.60 Å². The maximum absolute atomic E-state index is 5.51. The molecule has 0 aromatic heterocycles. The van der Waals surface area contributed by atoms with Crippen LogP contribution >= 0.6 is 11.8 Å². The number of nitrogens with one attached hydrogen (secondary N) is 1. The predicted molar refractivity (Wildman–Crippen MR) is 77.9 cm³/mol. The number of hydrogen-bond donors (Lipinski definition) is 1. The highest BCUT2D eigenvalue weighted by Crippen LogP contribution is 2.28. The Bertz CT molecular complexity index is 220. The van der Waals surface area contributed by atoms with Gasteiger partial charge in [-0.15, -0.1) is 0 Å². The Morgan fingerprint density at radius 1 is 1.35 bits per heavy atom. The predicted octanol–water partition coefficient (Wildman–Crippen LogP) is 3.45. The molecule has 3 heteroatoms. The lowest BCUT2D eigenvalue weighted by Gasteiger charge is -2.35. The first-order valence-corrected chi connectivity index (χ1v) is 8.11. The third-order valence-electron chi connectivity index (χ3n) is 3.85. The molecule has 0 amide bonds. The van der Waals surface area contributed by atoms with E-state index in [2.05, 4.69) is 32.3 Å². The van der Waals surface area contributed by atoms with Crippen LogP contribution in [0.25, 0.3) is 0 Å². The van der Waals surface area contributed by atoms with E-state index in [4.69, 9.17) is 4.74 Å². The van der Waals surface area contributed by atoms with Crippen molar-refractivity contribution in [1.29, 1.82) is 0 Å². The summed E-state index contributed by atoms with van der Waals surface area (Å²) >= 11 is 2.03. The third-order valence-corrected chi connectivity index (χ3v) is 5.02. The Kier molecular flexibility index (Phi) is 6.32. The van der Waals surface area contributed by atoms with Crippen molar-refractivity contribution in [3.8, 4) is 0 Å². The van der Waals surface area contributed by atoms with Gasteiger partial charge in [-0.1, -0.05) is 12.8 Å². The van der Waals surface area contributed by atoms with Crippen LogP contribution in [0.3, 0.4) is 0 Å². The Morgan fingerprint density at radius 2 is 2.00 bits per heavy atom. The summed E-state index contributed by atoms with van der Waals surface area (Å²) in [4.78, 5) is 0. The molecule has 3 unspecified atom stereocenters. The molecule has 17 heavy (non-hydrogen) atoms. The van der Waals surface area contributed by atoms with E-state index in [1.54, 1.807) is 7.11 Å². The highest BCUT2D eigenvalue weighted by Gasteiger charge is 2.27. The van der Waals surface area contributed by atoms with Crippen molar-refractivity contribution < 1.29 is 4.74 Å². The standard InChI is InChI=1S/C14H29NOS/c1-11(10-14(2,3)16-4)15-12-8-6-7-9-13(12)17-5/h11-13,15H,6-10H2,1-5H3. The first kappa shape index (κ1) is 15.3. The number of thioether (sulfide) groups is 1. The fourth-order valence-corrected chi connectivity index (χ4v) is 3.76. The van der Waals surface area contributed by atoms with Crippen molar-refractivity contribution in [2.75, 3.05) is 13.4 Å². The van der Waals surface area contributed by atoms with Crippen LogP contribution < -0.4 is 5.32 Å². The normalized spacial score (nSPS) is 28.1. The Hall–Kier alpha value is 0.270. The summed E-state index contributed by atoms with van der Waals surface area (Å²) in [7, 11) is 1.80. The van der Waals surface area contributed by atoms with Crippen molar-refractivity contribution in [3.05, 3.63) is 0 Å². The summed E-state index contributed by atoms with van der Waals surface area (Å²) in [6.45, 7) is 6.61. The molecule has 1 N–H and O–H groups in total. The number of methoxy groups -OCH3 is 1. The average molecular weight is 259 g/mol. The van der Waals surface area contributed by atoms with Gasteiger partial charge in [-0.25, -0.2) is 0 Å². The lowest BCUT2D eigenvalue weighted by molar-refractivity contribution is 0.00738. The van der Waals surface area contributed by atoms with Crippen LogP contribution in [0.1, 0.15) is 52.9 Å². The van der Waals surface area contributed by atoms with Crippen LogP contribution in [0.5, 0.6) is 0 Å². The molecule has 0 spiro atoms. The molecule has 0 aromatic carbocycles. The molecule has 2 nitrogen and oxygen atoms in total. The zero-order chi connectivity index (χ0) is 12.9. The molecule has 102 valence electrons. The van der Waals surface area contributed by atoms with E-state index < -0.39 is 0 Å². The van der Waals surface area contributed by atoms with Gasteiger partial charge in [-0.2, -0.15) is 11.8 Å². The lowest BCUT2D eigenvalue weighted by atomic mass is 9.92. The molecule has 0 saturated heterocycles. The summed E-state index contributed by atoms with van der Waals surface area (Å²) in [6, 6.07) is 1.23. The van der Waals surface area contributed by atoms with Crippen molar-refractivity contribution in [2.45, 2.75) is 75.8 Å². The molecular formula is C14H29NOS. The number of rotatable bonds is 6. The van der Waals surface area contributed by atoms with Gasteiger partial charge in [0.2, 0.25) is 0 Å². The van der Waals surface area contributed by atoms with Crippen LogP contribution in [-0.4, -0.2) is 36.3 Å². The van der Waals surface area contributed by atoms with E-state index in [1.807, 2.05) is 11.8 Å². The van der Waals surface area contributed by atoms with Crippen molar-refractivity contribution in [2.24, 2.45) is 0 Å². The van der Waals surface area contributed by atoms with Gasteiger partial charge in [0.25, 0.3) is 0 Å². The molecule has 0 heterocycles. The summed E-state index contributed by atoms with van der Waals surface area (Å²) in [5, 5.41) is 4.61. The quantitative estimate of drug-likeness (QED) is 0.789. The SMILES string of the molecule is COC(C)(C)CC(C)NC1CCCCC1SC. The molecular weight excluding hydrogens is 230 g/mol. The zero-order valence-electron chi connectivity index (χ0n) is 12.1. The van der Waals surface area contributed by atoms with Crippen LogP contribution in [0, 0.1) is 0 Å². The summed E-state index contributed by atoms with van der Waals surface area (Å²) in [6.07, 6.45) is 8.81. The van der Waals surface area contributed by atoms with E-state index >= 15 is 0 Å². The third kappa shape index (κ3) is 5.19. The zero-order valence-corrected chi connectivity index (χ0v) is 12.9. The molecule has 0 radical (unpaired) electrons. The van der Waals surface area contributed by atoms with Crippen molar-refractivity contribution in [1.82, 2.24) is 5.32 Å². The molecule has 1 rings (SSSR count). The summed E-state index contributed by atoms with van der Waals surface area (Å²) < 4.78 is 5.51. The molecule has 3 atom stereocenters. The Balaban J connectivity index is 2.41. The van der Waals surface area contributed by atoms with Gasteiger partial charge in [-0.3, -0.25) is 0 Å².